The highest BCUT2D eigenvalue weighted by molar-refractivity contribution is 6.31. The zero-order chi connectivity index (χ0) is 11.7. The molecule has 16 heavy (non-hydrogen) atoms. The zero-order valence-electron chi connectivity index (χ0n) is 9.87. The Balaban J connectivity index is 2.07. The van der Waals surface area contributed by atoms with E-state index in [0.717, 1.165) is 17.2 Å². The maximum Gasteiger partial charge on any atom is 0.120 e. The molecule has 1 aliphatic heterocycles. The molecule has 1 aliphatic rings. The van der Waals surface area contributed by atoms with Crippen molar-refractivity contribution in [1.82, 2.24) is 0 Å². The number of benzene rings is 1. The molecule has 2 rings (SSSR count). The van der Waals surface area contributed by atoms with Crippen molar-refractivity contribution in [3.8, 4) is 5.75 Å². The van der Waals surface area contributed by atoms with Gasteiger partial charge in [-0.25, -0.2) is 0 Å². The van der Waals surface area contributed by atoms with Gasteiger partial charge in [-0.2, -0.15) is 0 Å². The van der Waals surface area contributed by atoms with Gasteiger partial charge in [0.25, 0.3) is 0 Å². The third kappa shape index (κ3) is 2.50. The van der Waals surface area contributed by atoms with Crippen molar-refractivity contribution < 1.29 is 9.47 Å². The maximum absolute atomic E-state index is 6.22. The van der Waals surface area contributed by atoms with E-state index in [1.807, 2.05) is 18.2 Å². The van der Waals surface area contributed by atoms with Crippen molar-refractivity contribution in [2.24, 2.45) is 0 Å². The van der Waals surface area contributed by atoms with Crippen LogP contribution in [-0.4, -0.2) is 19.3 Å². The third-order valence-corrected chi connectivity index (χ3v) is 3.49. The number of halogens is 1. The molecule has 0 radical (unpaired) electrons. The highest BCUT2D eigenvalue weighted by atomic mass is 35.5. The predicted octanol–water partition coefficient (Wildman–Crippen LogP) is 3.63. The van der Waals surface area contributed by atoms with Crippen LogP contribution in [-0.2, 0) is 4.74 Å². The summed E-state index contributed by atoms with van der Waals surface area (Å²) in [4.78, 5) is 0. The van der Waals surface area contributed by atoms with Gasteiger partial charge in [-0.15, -0.1) is 0 Å². The Hall–Kier alpha value is -0.730. The molecule has 0 aromatic heterocycles. The van der Waals surface area contributed by atoms with E-state index in [0.29, 0.717) is 18.1 Å². The molecule has 1 aromatic carbocycles. The van der Waals surface area contributed by atoms with E-state index in [9.17, 15) is 0 Å². The Morgan fingerprint density at radius 1 is 1.50 bits per heavy atom. The molecule has 0 amide bonds. The molecule has 3 heteroatoms. The summed E-state index contributed by atoms with van der Waals surface area (Å²) in [5, 5.41) is 0.778. The zero-order valence-corrected chi connectivity index (χ0v) is 10.6. The number of rotatable bonds is 4. The molecule has 0 N–H and O–H groups in total. The summed E-state index contributed by atoms with van der Waals surface area (Å²) in [6.45, 7) is 4.29. The van der Waals surface area contributed by atoms with E-state index in [2.05, 4.69) is 13.8 Å². The van der Waals surface area contributed by atoms with Gasteiger partial charge < -0.3 is 9.47 Å². The first-order valence-electron chi connectivity index (χ1n) is 5.60. The summed E-state index contributed by atoms with van der Waals surface area (Å²) < 4.78 is 10.6. The van der Waals surface area contributed by atoms with Crippen LogP contribution in [0.4, 0.5) is 0 Å². The summed E-state index contributed by atoms with van der Waals surface area (Å²) in [6.07, 6.45) is 1.86. The third-order valence-electron chi connectivity index (χ3n) is 3.16. The van der Waals surface area contributed by atoms with Gasteiger partial charge in [0.2, 0.25) is 0 Å². The molecule has 0 saturated carbocycles. The van der Waals surface area contributed by atoms with Crippen LogP contribution >= 0.6 is 11.6 Å². The summed E-state index contributed by atoms with van der Waals surface area (Å²) in [6, 6.07) is 5.86. The molecular formula is C13H17ClO2. The largest absolute Gasteiger partial charge is 0.497 e. The van der Waals surface area contributed by atoms with Crippen LogP contribution in [0.3, 0.4) is 0 Å². The molecule has 1 saturated heterocycles. The Bertz CT molecular complexity index is 378. The van der Waals surface area contributed by atoms with Gasteiger partial charge in [0.15, 0.2) is 0 Å². The van der Waals surface area contributed by atoms with Crippen molar-refractivity contribution in [3.63, 3.8) is 0 Å². The van der Waals surface area contributed by atoms with E-state index in [-0.39, 0.29) is 0 Å². The molecule has 3 atom stereocenters. The van der Waals surface area contributed by atoms with E-state index in [1.165, 1.54) is 5.56 Å². The van der Waals surface area contributed by atoms with E-state index >= 15 is 0 Å². The second-order valence-electron chi connectivity index (χ2n) is 4.40. The van der Waals surface area contributed by atoms with Crippen LogP contribution in [0.15, 0.2) is 18.2 Å². The van der Waals surface area contributed by atoms with Crippen molar-refractivity contribution >= 4 is 11.6 Å². The highest BCUT2D eigenvalue weighted by Gasteiger charge is 2.35. The van der Waals surface area contributed by atoms with Crippen molar-refractivity contribution in [1.29, 1.82) is 0 Å². The number of epoxide rings is 1. The lowest BCUT2D eigenvalue weighted by Crippen LogP contribution is -2.01. The number of hydrogen-bond donors (Lipinski definition) is 0. The molecule has 1 aromatic rings. The van der Waals surface area contributed by atoms with Crippen LogP contribution in [0.2, 0.25) is 5.02 Å². The number of methoxy groups -OCH3 is 1. The first-order chi connectivity index (χ1) is 7.61. The number of ether oxygens (including phenoxy) is 2. The quantitative estimate of drug-likeness (QED) is 0.750. The first-order valence-corrected chi connectivity index (χ1v) is 5.98. The fourth-order valence-corrected chi connectivity index (χ4v) is 2.34. The van der Waals surface area contributed by atoms with Gasteiger partial charge in [0.05, 0.1) is 19.3 Å². The average Bonchev–Trinajstić information content (AvgIpc) is 2.93. The van der Waals surface area contributed by atoms with Gasteiger partial charge >= 0.3 is 0 Å². The lowest BCUT2D eigenvalue weighted by atomic mass is 9.95. The Morgan fingerprint density at radius 2 is 2.19 bits per heavy atom. The van der Waals surface area contributed by atoms with E-state index < -0.39 is 0 Å². The molecule has 0 spiro atoms. The van der Waals surface area contributed by atoms with E-state index in [1.54, 1.807) is 7.11 Å². The molecule has 1 heterocycles. The fourth-order valence-electron chi connectivity index (χ4n) is 1.99. The molecule has 3 unspecified atom stereocenters. The van der Waals surface area contributed by atoms with Crippen molar-refractivity contribution in [2.45, 2.75) is 38.4 Å². The second kappa shape index (κ2) is 4.64. The van der Waals surface area contributed by atoms with Crippen LogP contribution < -0.4 is 4.74 Å². The Morgan fingerprint density at radius 3 is 2.69 bits per heavy atom. The van der Waals surface area contributed by atoms with Crippen LogP contribution in [0.25, 0.3) is 0 Å². The van der Waals surface area contributed by atoms with Crippen molar-refractivity contribution in [2.75, 3.05) is 7.11 Å². The average molecular weight is 241 g/mol. The monoisotopic (exact) mass is 240 g/mol. The molecular weight excluding hydrogens is 224 g/mol. The smallest absolute Gasteiger partial charge is 0.120 e. The van der Waals surface area contributed by atoms with Gasteiger partial charge in [-0.05, 0) is 37.0 Å². The van der Waals surface area contributed by atoms with Crippen LogP contribution in [0.5, 0.6) is 5.75 Å². The summed E-state index contributed by atoms with van der Waals surface area (Å²) >= 11 is 6.22. The lowest BCUT2D eigenvalue weighted by Gasteiger charge is -2.13. The standard InChI is InChI=1S/C13H17ClO2/c1-8(6-13-9(2)16-13)11-5-4-10(15-3)7-12(11)14/h4-5,7-9,13H,6H2,1-3H3. The molecule has 2 nitrogen and oxygen atoms in total. The maximum atomic E-state index is 6.22. The van der Waals surface area contributed by atoms with Crippen LogP contribution in [0.1, 0.15) is 31.7 Å². The predicted molar refractivity (Wildman–Crippen MR) is 65.4 cm³/mol. The Kier molecular flexibility index (Phi) is 3.41. The fraction of sp³-hybridized carbons (Fsp3) is 0.538. The second-order valence-corrected chi connectivity index (χ2v) is 4.81. The molecule has 0 bridgehead atoms. The van der Waals surface area contributed by atoms with E-state index in [4.69, 9.17) is 21.1 Å². The van der Waals surface area contributed by atoms with Gasteiger partial charge in [-0.3, -0.25) is 0 Å². The highest BCUT2D eigenvalue weighted by Crippen LogP contribution is 2.35. The Labute approximate surface area is 102 Å². The molecule has 88 valence electrons. The van der Waals surface area contributed by atoms with Gasteiger partial charge in [0.1, 0.15) is 5.75 Å². The normalized spacial score (nSPS) is 25.2. The minimum atomic E-state index is 0.410. The molecule has 1 fully saturated rings. The molecule has 0 aliphatic carbocycles. The SMILES string of the molecule is COc1ccc(C(C)CC2OC2C)c(Cl)c1. The minimum Gasteiger partial charge on any atom is -0.497 e. The summed E-state index contributed by atoms with van der Waals surface area (Å²) in [5.41, 5.74) is 1.17. The first kappa shape index (κ1) is 11.7. The number of hydrogen-bond acceptors (Lipinski definition) is 2. The lowest BCUT2D eigenvalue weighted by molar-refractivity contribution is 0.362. The summed E-state index contributed by atoms with van der Waals surface area (Å²) in [5.74, 6) is 1.23. The van der Waals surface area contributed by atoms with Gasteiger partial charge in [-0.1, -0.05) is 24.6 Å². The van der Waals surface area contributed by atoms with Crippen molar-refractivity contribution in [3.05, 3.63) is 28.8 Å². The minimum absolute atomic E-state index is 0.410. The van der Waals surface area contributed by atoms with Gasteiger partial charge in [0, 0.05) is 5.02 Å². The van der Waals surface area contributed by atoms with Crippen LogP contribution in [0, 0.1) is 0 Å². The summed E-state index contributed by atoms with van der Waals surface area (Å²) in [7, 11) is 1.65. The topological polar surface area (TPSA) is 21.8 Å².